The number of ether oxygens (including phenoxy) is 3. The van der Waals surface area contributed by atoms with Crippen LogP contribution in [-0.2, 0) is 23.8 Å². The Kier molecular flexibility index (Phi) is 15.9. The fourth-order valence-electron chi connectivity index (χ4n) is 4.21. The summed E-state index contributed by atoms with van der Waals surface area (Å²) in [6, 6.07) is 0. The first-order valence-electron chi connectivity index (χ1n) is 13.9. The first kappa shape index (κ1) is 33.8. The standard InChI is InChI=1S/C30H44O10/c1-21-13-7-3-2-4-8-14-22(32)19-23(33)15-9-5-10-16-24(17-11-6-12-18-26(34)38-21)39-30-29(37)28(36)27(35)25(20-31)40-30/h2,4-6,9-12,16,18,21,23-25,27-31,33,35-37H,3,7-8,13-15,17,19-20H2,1H3/b4-2-,9-5?,11-6-,16-10?,18-12?/t21-,23+,24-,25+,27+,28-,29+,30+/m1/s1. The minimum atomic E-state index is -1.57. The zero-order valence-electron chi connectivity index (χ0n) is 23.0. The summed E-state index contributed by atoms with van der Waals surface area (Å²) in [5, 5.41) is 50.0. The zero-order valence-corrected chi connectivity index (χ0v) is 23.0. The molecule has 0 aliphatic carbocycles. The van der Waals surface area contributed by atoms with Crippen LogP contribution in [0.25, 0.3) is 0 Å². The van der Waals surface area contributed by atoms with Crippen molar-refractivity contribution < 1.29 is 49.3 Å². The maximum Gasteiger partial charge on any atom is 0.331 e. The molecular formula is C30H44O10. The van der Waals surface area contributed by atoms with Gasteiger partial charge in [0, 0.05) is 18.9 Å². The van der Waals surface area contributed by atoms with Crippen molar-refractivity contribution in [3.63, 3.8) is 0 Å². The normalized spacial score (nSPS) is 36.0. The quantitative estimate of drug-likeness (QED) is 0.253. The zero-order chi connectivity index (χ0) is 29.3. The molecule has 1 fully saturated rings. The SMILES string of the molecule is C[C@@H]1CCC/C=C\CCC(=O)C[C@@H](O)CC=CC=C[C@@H](O[C@H]2O[C@@H](CO)[C@H](O)[C@@H](O)[C@@H]2O)C/C=C\C=CC(=O)O1. The lowest BCUT2D eigenvalue weighted by molar-refractivity contribution is -0.307. The van der Waals surface area contributed by atoms with Crippen LogP contribution in [0.3, 0.4) is 0 Å². The van der Waals surface area contributed by atoms with Crippen LogP contribution in [-0.4, -0.2) is 92.9 Å². The summed E-state index contributed by atoms with van der Waals surface area (Å²) in [6.07, 6.45) is 12.3. The molecular weight excluding hydrogens is 520 g/mol. The molecule has 10 heteroatoms. The van der Waals surface area contributed by atoms with E-state index in [1.54, 1.807) is 42.5 Å². The second-order valence-corrected chi connectivity index (χ2v) is 10.0. The monoisotopic (exact) mass is 564 g/mol. The highest BCUT2D eigenvalue weighted by molar-refractivity contribution is 5.82. The van der Waals surface area contributed by atoms with Crippen molar-refractivity contribution in [2.45, 2.75) is 107 Å². The predicted octanol–water partition coefficient (Wildman–Crippen LogP) is 1.95. The maximum absolute atomic E-state index is 12.1. The number of allylic oxidation sites excluding steroid dienone is 6. The van der Waals surface area contributed by atoms with Crippen LogP contribution in [0.5, 0.6) is 0 Å². The number of hydrogen-bond acceptors (Lipinski definition) is 10. The third-order valence-electron chi connectivity index (χ3n) is 6.50. The molecule has 5 N–H and O–H groups in total. The van der Waals surface area contributed by atoms with Crippen LogP contribution in [0.4, 0.5) is 0 Å². The van der Waals surface area contributed by atoms with Crippen LogP contribution in [0, 0.1) is 0 Å². The first-order valence-corrected chi connectivity index (χ1v) is 13.9. The van der Waals surface area contributed by atoms with E-state index >= 15 is 0 Å². The summed E-state index contributed by atoms with van der Waals surface area (Å²) < 4.78 is 16.7. The van der Waals surface area contributed by atoms with Crippen LogP contribution in [0.15, 0.2) is 60.8 Å². The molecule has 0 aromatic rings. The molecule has 2 heterocycles. The number of esters is 1. The van der Waals surface area contributed by atoms with Gasteiger partial charge in [0.1, 0.15) is 30.2 Å². The second-order valence-electron chi connectivity index (χ2n) is 10.0. The van der Waals surface area contributed by atoms with E-state index in [0.29, 0.717) is 32.1 Å². The smallest absolute Gasteiger partial charge is 0.331 e. The van der Waals surface area contributed by atoms with Crippen LogP contribution in [0.2, 0.25) is 0 Å². The van der Waals surface area contributed by atoms with Gasteiger partial charge in [-0.15, -0.1) is 0 Å². The van der Waals surface area contributed by atoms with Crippen molar-refractivity contribution >= 4 is 11.8 Å². The molecule has 0 spiro atoms. The molecule has 40 heavy (non-hydrogen) atoms. The number of Topliss-reactive ketones (excluding diaryl/α,β-unsaturated/α-hetero) is 1. The van der Waals surface area contributed by atoms with E-state index in [0.717, 1.165) is 12.8 Å². The number of carbonyl (C=O) groups excluding carboxylic acids is 2. The van der Waals surface area contributed by atoms with E-state index in [4.69, 9.17) is 14.2 Å². The lowest BCUT2D eigenvalue weighted by Crippen LogP contribution is -2.59. The van der Waals surface area contributed by atoms with Gasteiger partial charge in [-0.1, -0.05) is 54.7 Å². The fraction of sp³-hybridized carbons (Fsp3) is 0.600. The third-order valence-corrected chi connectivity index (χ3v) is 6.50. The van der Waals surface area contributed by atoms with Crippen molar-refractivity contribution in [3.05, 3.63) is 60.8 Å². The van der Waals surface area contributed by atoms with Gasteiger partial charge in [-0.3, -0.25) is 4.79 Å². The van der Waals surface area contributed by atoms with Gasteiger partial charge in [0.05, 0.1) is 24.9 Å². The lowest BCUT2D eigenvalue weighted by Gasteiger charge is -2.40. The molecule has 0 bridgehead atoms. The van der Waals surface area contributed by atoms with Crippen molar-refractivity contribution in [1.82, 2.24) is 0 Å². The molecule has 0 aromatic heterocycles. The van der Waals surface area contributed by atoms with Gasteiger partial charge in [0.15, 0.2) is 6.29 Å². The average molecular weight is 565 g/mol. The highest BCUT2D eigenvalue weighted by Crippen LogP contribution is 2.24. The van der Waals surface area contributed by atoms with Crippen molar-refractivity contribution in [1.29, 1.82) is 0 Å². The first-order chi connectivity index (χ1) is 19.2. The third kappa shape index (κ3) is 12.8. The number of rotatable bonds is 3. The maximum atomic E-state index is 12.1. The Bertz CT molecular complexity index is 906. The molecule has 0 unspecified atom stereocenters. The molecule has 2 rings (SSSR count). The second kappa shape index (κ2) is 18.8. The number of aliphatic hydroxyl groups excluding tert-OH is 5. The summed E-state index contributed by atoms with van der Waals surface area (Å²) in [4.78, 5) is 24.2. The largest absolute Gasteiger partial charge is 0.460 e. The Hall–Kier alpha value is -2.44. The lowest BCUT2D eigenvalue weighted by atomic mass is 9.99. The fourth-order valence-corrected chi connectivity index (χ4v) is 4.21. The number of ketones is 1. The number of carbonyl (C=O) groups is 2. The summed E-state index contributed by atoms with van der Waals surface area (Å²) in [6.45, 7) is 1.26. The predicted molar refractivity (Wildman–Crippen MR) is 148 cm³/mol. The van der Waals surface area contributed by atoms with Gasteiger partial charge in [-0.2, -0.15) is 0 Å². The molecule has 0 aromatic carbocycles. The van der Waals surface area contributed by atoms with E-state index in [1.165, 1.54) is 6.08 Å². The molecule has 0 saturated carbocycles. The molecule has 0 amide bonds. The van der Waals surface area contributed by atoms with Crippen molar-refractivity contribution in [2.24, 2.45) is 0 Å². The highest BCUT2D eigenvalue weighted by atomic mass is 16.7. The van der Waals surface area contributed by atoms with E-state index in [1.807, 2.05) is 19.1 Å². The molecule has 2 aliphatic rings. The number of aliphatic hydroxyl groups is 5. The summed E-state index contributed by atoms with van der Waals surface area (Å²) in [5.74, 6) is -0.467. The average Bonchev–Trinajstić information content (AvgIpc) is 2.91. The molecule has 2 aliphatic heterocycles. The molecule has 224 valence electrons. The van der Waals surface area contributed by atoms with E-state index in [-0.39, 0.29) is 18.3 Å². The summed E-state index contributed by atoms with van der Waals surface area (Å²) in [5.41, 5.74) is 0. The van der Waals surface area contributed by atoms with Gasteiger partial charge in [0.25, 0.3) is 0 Å². The van der Waals surface area contributed by atoms with Crippen LogP contribution in [0.1, 0.15) is 58.3 Å². The Morgan fingerprint density at radius 1 is 0.900 bits per heavy atom. The number of hydrogen-bond donors (Lipinski definition) is 5. The molecule has 8 atom stereocenters. The highest BCUT2D eigenvalue weighted by Gasteiger charge is 2.44. The van der Waals surface area contributed by atoms with Gasteiger partial charge >= 0.3 is 5.97 Å². The van der Waals surface area contributed by atoms with Gasteiger partial charge < -0.3 is 39.7 Å². The summed E-state index contributed by atoms with van der Waals surface area (Å²) in [7, 11) is 0. The van der Waals surface area contributed by atoms with Crippen LogP contribution < -0.4 is 0 Å². The van der Waals surface area contributed by atoms with Gasteiger partial charge in [-0.05, 0) is 45.4 Å². The number of cyclic esters (lactones) is 1. The minimum Gasteiger partial charge on any atom is -0.460 e. The molecule has 10 nitrogen and oxygen atoms in total. The van der Waals surface area contributed by atoms with Crippen LogP contribution >= 0.6 is 0 Å². The van der Waals surface area contributed by atoms with Gasteiger partial charge in [0.2, 0.25) is 0 Å². The molecule has 1 saturated heterocycles. The Labute approximate surface area is 235 Å². The Balaban J connectivity index is 2.11. The topological polar surface area (TPSA) is 163 Å². The Morgan fingerprint density at radius 3 is 2.40 bits per heavy atom. The van der Waals surface area contributed by atoms with Crippen molar-refractivity contribution in [2.75, 3.05) is 6.61 Å². The van der Waals surface area contributed by atoms with E-state index in [2.05, 4.69) is 0 Å². The van der Waals surface area contributed by atoms with Crippen molar-refractivity contribution in [3.8, 4) is 0 Å². The van der Waals surface area contributed by atoms with E-state index < -0.39 is 55.5 Å². The Morgan fingerprint density at radius 2 is 1.62 bits per heavy atom. The van der Waals surface area contributed by atoms with E-state index in [9.17, 15) is 35.1 Å². The molecule has 0 radical (unpaired) electrons. The van der Waals surface area contributed by atoms with Gasteiger partial charge in [-0.25, -0.2) is 4.79 Å². The minimum absolute atomic E-state index is 0.0103. The summed E-state index contributed by atoms with van der Waals surface area (Å²) >= 11 is 0.